The van der Waals surface area contributed by atoms with Gasteiger partial charge in [0.25, 0.3) is 0 Å². The first-order valence-electron chi connectivity index (χ1n) is 6.33. The molecule has 2 rings (SSSR count). The summed E-state index contributed by atoms with van der Waals surface area (Å²) in [5.41, 5.74) is 2.85. The number of hydrogen-bond acceptors (Lipinski definition) is 2. The molecule has 4 heteroatoms. The first kappa shape index (κ1) is 14.6. The standard InChI is InChI=1S/C16H16ClNO2/c1-11-2-6-13(7-3-11)15(16(19)20)18-10-12-4-8-14(17)9-5-12/h2-9,15,18H,10H2,1H3,(H,19,20). The van der Waals surface area contributed by atoms with Gasteiger partial charge in [0, 0.05) is 11.6 Å². The van der Waals surface area contributed by atoms with E-state index < -0.39 is 12.0 Å². The smallest absolute Gasteiger partial charge is 0.325 e. The zero-order chi connectivity index (χ0) is 14.5. The summed E-state index contributed by atoms with van der Waals surface area (Å²) in [6.45, 7) is 2.45. The Balaban J connectivity index is 2.08. The van der Waals surface area contributed by atoms with Crippen LogP contribution in [-0.2, 0) is 11.3 Å². The molecule has 0 aliphatic heterocycles. The van der Waals surface area contributed by atoms with Crippen LogP contribution >= 0.6 is 11.6 Å². The summed E-state index contributed by atoms with van der Waals surface area (Å²) in [5, 5.41) is 13.1. The summed E-state index contributed by atoms with van der Waals surface area (Å²) >= 11 is 5.82. The third-order valence-electron chi connectivity index (χ3n) is 3.08. The third-order valence-corrected chi connectivity index (χ3v) is 3.33. The average Bonchev–Trinajstić information content (AvgIpc) is 2.43. The number of carboxylic acids is 1. The molecule has 0 fully saturated rings. The molecule has 0 radical (unpaired) electrons. The Kier molecular flexibility index (Phi) is 4.77. The van der Waals surface area contributed by atoms with Crippen LogP contribution < -0.4 is 5.32 Å². The molecule has 0 amide bonds. The number of benzene rings is 2. The molecular weight excluding hydrogens is 274 g/mol. The van der Waals surface area contributed by atoms with E-state index in [-0.39, 0.29) is 0 Å². The normalized spacial score (nSPS) is 12.1. The van der Waals surface area contributed by atoms with Crippen LogP contribution in [0.1, 0.15) is 22.7 Å². The van der Waals surface area contributed by atoms with Crippen LogP contribution in [-0.4, -0.2) is 11.1 Å². The summed E-state index contributed by atoms with van der Waals surface area (Å²) in [6.07, 6.45) is 0. The van der Waals surface area contributed by atoms with Crippen molar-refractivity contribution in [2.75, 3.05) is 0 Å². The van der Waals surface area contributed by atoms with E-state index in [0.717, 1.165) is 16.7 Å². The predicted molar refractivity (Wildman–Crippen MR) is 79.8 cm³/mol. The van der Waals surface area contributed by atoms with Gasteiger partial charge in [-0.3, -0.25) is 10.1 Å². The topological polar surface area (TPSA) is 49.3 Å². The fourth-order valence-electron chi connectivity index (χ4n) is 1.93. The highest BCUT2D eigenvalue weighted by Crippen LogP contribution is 2.16. The van der Waals surface area contributed by atoms with Crippen LogP contribution in [0.5, 0.6) is 0 Å². The number of rotatable bonds is 5. The Hall–Kier alpha value is -1.84. The molecule has 104 valence electrons. The Bertz CT molecular complexity index is 578. The van der Waals surface area contributed by atoms with Gasteiger partial charge in [0.1, 0.15) is 6.04 Å². The molecule has 0 aromatic heterocycles. The molecule has 0 bridgehead atoms. The van der Waals surface area contributed by atoms with Crippen molar-refractivity contribution in [1.29, 1.82) is 0 Å². The second-order valence-corrected chi connectivity index (χ2v) is 5.13. The summed E-state index contributed by atoms with van der Waals surface area (Å²) in [4.78, 5) is 11.4. The van der Waals surface area contributed by atoms with Crippen LogP contribution in [0, 0.1) is 6.92 Å². The van der Waals surface area contributed by atoms with Crippen molar-refractivity contribution in [3.05, 3.63) is 70.2 Å². The van der Waals surface area contributed by atoms with Crippen LogP contribution in [0.4, 0.5) is 0 Å². The minimum atomic E-state index is -0.886. The van der Waals surface area contributed by atoms with Crippen molar-refractivity contribution in [1.82, 2.24) is 5.32 Å². The van der Waals surface area contributed by atoms with Crippen LogP contribution in [0.3, 0.4) is 0 Å². The van der Waals surface area contributed by atoms with E-state index in [4.69, 9.17) is 11.6 Å². The van der Waals surface area contributed by atoms with Gasteiger partial charge < -0.3 is 5.11 Å². The molecule has 0 spiro atoms. The number of carbonyl (C=O) groups is 1. The monoisotopic (exact) mass is 289 g/mol. The highest BCUT2D eigenvalue weighted by atomic mass is 35.5. The molecule has 1 atom stereocenters. The van der Waals surface area contributed by atoms with Crippen molar-refractivity contribution < 1.29 is 9.90 Å². The summed E-state index contributed by atoms with van der Waals surface area (Å²) in [7, 11) is 0. The lowest BCUT2D eigenvalue weighted by Crippen LogP contribution is -2.28. The van der Waals surface area contributed by atoms with Gasteiger partial charge in [0.2, 0.25) is 0 Å². The highest BCUT2D eigenvalue weighted by Gasteiger charge is 2.18. The van der Waals surface area contributed by atoms with Crippen molar-refractivity contribution in [2.45, 2.75) is 19.5 Å². The quantitative estimate of drug-likeness (QED) is 0.885. The van der Waals surface area contributed by atoms with Gasteiger partial charge in [-0.15, -0.1) is 0 Å². The number of aryl methyl sites for hydroxylation is 1. The Morgan fingerprint density at radius 3 is 2.30 bits per heavy atom. The molecule has 0 aliphatic rings. The number of halogens is 1. The van der Waals surface area contributed by atoms with Crippen LogP contribution in [0.15, 0.2) is 48.5 Å². The van der Waals surface area contributed by atoms with Crippen molar-refractivity contribution in [2.24, 2.45) is 0 Å². The van der Waals surface area contributed by atoms with Crippen molar-refractivity contribution >= 4 is 17.6 Å². The van der Waals surface area contributed by atoms with Crippen LogP contribution in [0.25, 0.3) is 0 Å². The molecule has 0 aliphatic carbocycles. The first-order chi connectivity index (χ1) is 9.56. The number of carboxylic acid groups (broad SMARTS) is 1. The number of aliphatic carboxylic acids is 1. The maximum Gasteiger partial charge on any atom is 0.325 e. The van der Waals surface area contributed by atoms with E-state index in [9.17, 15) is 9.90 Å². The molecule has 3 nitrogen and oxygen atoms in total. The summed E-state index contributed by atoms with van der Waals surface area (Å²) in [6, 6.07) is 14.1. The molecule has 1 unspecified atom stereocenters. The number of hydrogen-bond donors (Lipinski definition) is 2. The molecule has 0 saturated heterocycles. The van der Waals surface area contributed by atoms with Crippen molar-refractivity contribution in [3.8, 4) is 0 Å². The van der Waals surface area contributed by atoms with Gasteiger partial charge in [-0.1, -0.05) is 53.6 Å². The minimum Gasteiger partial charge on any atom is -0.480 e. The fraction of sp³-hybridized carbons (Fsp3) is 0.188. The molecular formula is C16H16ClNO2. The second kappa shape index (κ2) is 6.55. The first-order valence-corrected chi connectivity index (χ1v) is 6.71. The van der Waals surface area contributed by atoms with Gasteiger partial charge >= 0.3 is 5.97 Å². The molecule has 2 N–H and O–H groups in total. The second-order valence-electron chi connectivity index (χ2n) is 4.69. The number of nitrogens with one attached hydrogen (secondary N) is 1. The average molecular weight is 290 g/mol. The van der Waals surface area contributed by atoms with Gasteiger partial charge in [-0.25, -0.2) is 0 Å². The van der Waals surface area contributed by atoms with Gasteiger partial charge in [0.05, 0.1) is 0 Å². The molecule has 0 heterocycles. The Labute approximate surface area is 123 Å². The zero-order valence-corrected chi connectivity index (χ0v) is 11.9. The van der Waals surface area contributed by atoms with E-state index in [0.29, 0.717) is 11.6 Å². The minimum absolute atomic E-state index is 0.474. The SMILES string of the molecule is Cc1ccc(C(NCc2ccc(Cl)cc2)C(=O)O)cc1. The lowest BCUT2D eigenvalue weighted by molar-refractivity contribution is -0.139. The van der Waals surface area contributed by atoms with E-state index in [1.54, 1.807) is 12.1 Å². The van der Waals surface area contributed by atoms with Crippen molar-refractivity contribution in [3.63, 3.8) is 0 Å². The Morgan fingerprint density at radius 1 is 1.15 bits per heavy atom. The van der Waals surface area contributed by atoms with E-state index in [1.807, 2.05) is 43.3 Å². The van der Waals surface area contributed by atoms with E-state index in [1.165, 1.54) is 0 Å². The highest BCUT2D eigenvalue weighted by molar-refractivity contribution is 6.30. The van der Waals surface area contributed by atoms with E-state index >= 15 is 0 Å². The lowest BCUT2D eigenvalue weighted by atomic mass is 10.0. The predicted octanol–water partition coefficient (Wildman–Crippen LogP) is 3.56. The van der Waals surface area contributed by atoms with Gasteiger partial charge in [-0.05, 0) is 30.2 Å². The lowest BCUT2D eigenvalue weighted by Gasteiger charge is -2.15. The molecule has 2 aromatic rings. The fourth-order valence-corrected chi connectivity index (χ4v) is 2.05. The summed E-state index contributed by atoms with van der Waals surface area (Å²) in [5.74, 6) is -0.886. The Morgan fingerprint density at radius 2 is 1.75 bits per heavy atom. The maximum atomic E-state index is 11.4. The maximum absolute atomic E-state index is 11.4. The largest absolute Gasteiger partial charge is 0.480 e. The molecule has 0 saturated carbocycles. The summed E-state index contributed by atoms with van der Waals surface area (Å²) < 4.78 is 0. The van der Waals surface area contributed by atoms with E-state index in [2.05, 4.69) is 5.32 Å². The van der Waals surface area contributed by atoms with Crippen LogP contribution in [0.2, 0.25) is 5.02 Å². The third kappa shape index (κ3) is 3.83. The molecule has 20 heavy (non-hydrogen) atoms. The zero-order valence-electron chi connectivity index (χ0n) is 11.1. The molecule has 2 aromatic carbocycles. The van der Waals surface area contributed by atoms with Gasteiger partial charge in [0.15, 0.2) is 0 Å². The van der Waals surface area contributed by atoms with Gasteiger partial charge in [-0.2, -0.15) is 0 Å².